The van der Waals surface area contributed by atoms with Crippen LogP contribution in [0.25, 0.3) is 11.1 Å². The molecule has 5 rings (SSSR count). The molecule has 0 bridgehead atoms. The van der Waals surface area contributed by atoms with E-state index in [2.05, 4.69) is 41.3 Å². The van der Waals surface area contributed by atoms with E-state index >= 15 is 0 Å². The van der Waals surface area contributed by atoms with Crippen LogP contribution in [-0.2, 0) is 15.1 Å². The van der Waals surface area contributed by atoms with Crippen molar-refractivity contribution < 1.29 is 14.6 Å². The van der Waals surface area contributed by atoms with Gasteiger partial charge < -0.3 is 9.84 Å². The number of fused-ring (bicyclic) bond motifs is 3. The van der Waals surface area contributed by atoms with Gasteiger partial charge in [-0.1, -0.05) is 78.9 Å². The molecule has 0 saturated carbocycles. The zero-order valence-corrected chi connectivity index (χ0v) is 18.1. The number of rotatable bonds is 4. The summed E-state index contributed by atoms with van der Waals surface area (Å²) in [5.41, 5.74) is 4.45. The number of carbonyl (C=O) groups is 1. The van der Waals surface area contributed by atoms with Crippen molar-refractivity contribution >= 4 is 5.97 Å². The minimum atomic E-state index is -0.814. The van der Waals surface area contributed by atoms with Crippen LogP contribution in [-0.4, -0.2) is 33.8 Å². The molecule has 3 aromatic rings. The molecule has 2 aliphatic rings. The molecule has 0 aromatic heterocycles. The van der Waals surface area contributed by atoms with Gasteiger partial charge in [0.05, 0.1) is 5.60 Å². The van der Waals surface area contributed by atoms with Crippen molar-refractivity contribution in [2.24, 2.45) is 0 Å². The second-order valence-electron chi connectivity index (χ2n) is 9.35. The Balaban J connectivity index is 1.83. The van der Waals surface area contributed by atoms with Crippen molar-refractivity contribution in [3.8, 4) is 11.1 Å². The van der Waals surface area contributed by atoms with Crippen LogP contribution < -0.4 is 0 Å². The third kappa shape index (κ3) is 2.93. The third-order valence-electron chi connectivity index (χ3n) is 6.35. The minimum Gasteiger partial charge on any atom is -0.480 e. The molecule has 1 fully saturated rings. The van der Waals surface area contributed by atoms with Gasteiger partial charge >= 0.3 is 5.97 Å². The van der Waals surface area contributed by atoms with Crippen LogP contribution >= 0.6 is 0 Å². The molecular formula is C27H27NO3. The van der Waals surface area contributed by atoms with Gasteiger partial charge in [0, 0.05) is 6.42 Å². The van der Waals surface area contributed by atoms with E-state index < -0.39 is 17.6 Å². The van der Waals surface area contributed by atoms with Gasteiger partial charge in [-0.25, -0.2) is 4.90 Å². The molecule has 1 saturated heterocycles. The van der Waals surface area contributed by atoms with Gasteiger partial charge in [0.15, 0.2) is 0 Å². The summed E-state index contributed by atoms with van der Waals surface area (Å²) in [4.78, 5) is 14.4. The predicted molar refractivity (Wildman–Crippen MR) is 121 cm³/mol. The number of carboxylic acids is 1. The number of hydrogen-bond acceptors (Lipinski definition) is 3. The highest BCUT2D eigenvalue weighted by atomic mass is 16.5. The Hall–Kier alpha value is -2.95. The standard InChI is InChI=1S/C27H27NO3/c1-26(2,3)31-24-17-23(25(29)30)28(24)27(18-11-5-4-6-12-18)21-15-9-7-13-19(21)20-14-8-10-16-22(20)27/h4-16,23-24H,17H2,1-3H3,(H,29,30)/t23-,24+/m0/s1. The summed E-state index contributed by atoms with van der Waals surface area (Å²) < 4.78 is 6.42. The van der Waals surface area contributed by atoms with E-state index in [4.69, 9.17) is 4.74 Å². The van der Waals surface area contributed by atoms with Crippen molar-refractivity contribution in [3.05, 3.63) is 95.6 Å². The van der Waals surface area contributed by atoms with Crippen LogP contribution in [0.5, 0.6) is 0 Å². The number of aliphatic carboxylic acids is 1. The number of nitrogens with zero attached hydrogens (tertiary/aromatic N) is 1. The normalized spacial score (nSPS) is 21.8. The Morgan fingerprint density at radius 2 is 1.42 bits per heavy atom. The largest absolute Gasteiger partial charge is 0.480 e. The molecule has 3 aromatic carbocycles. The lowest BCUT2D eigenvalue weighted by Gasteiger charge is -2.57. The van der Waals surface area contributed by atoms with Gasteiger partial charge in [-0.05, 0) is 48.6 Å². The maximum absolute atomic E-state index is 12.4. The summed E-state index contributed by atoms with van der Waals surface area (Å²) in [5, 5.41) is 10.1. The quantitative estimate of drug-likeness (QED) is 0.634. The van der Waals surface area contributed by atoms with Crippen molar-refractivity contribution in [2.75, 3.05) is 0 Å². The van der Waals surface area contributed by atoms with Crippen molar-refractivity contribution in [3.63, 3.8) is 0 Å². The second-order valence-corrected chi connectivity index (χ2v) is 9.35. The summed E-state index contributed by atoms with van der Waals surface area (Å²) in [7, 11) is 0. The molecule has 158 valence electrons. The first-order valence-corrected chi connectivity index (χ1v) is 10.8. The van der Waals surface area contributed by atoms with Gasteiger partial charge in [0.1, 0.15) is 17.8 Å². The van der Waals surface area contributed by atoms with Crippen LogP contribution in [0.4, 0.5) is 0 Å². The number of ether oxygens (including phenoxy) is 1. The van der Waals surface area contributed by atoms with Crippen molar-refractivity contribution in [1.82, 2.24) is 4.90 Å². The molecule has 0 radical (unpaired) electrons. The van der Waals surface area contributed by atoms with Crippen molar-refractivity contribution in [1.29, 1.82) is 0 Å². The SMILES string of the molecule is CC(C)(C)O[C@@H]1C[C@@H](C(=O)O)N1C1(c2ccccc2)c2ccccc2-c2ccccc21. The first-order chi connectivity index (χ1) is 14.8. The number of benzene rings is 3. The van der Waals surface area contributed by atoms with Crippen LogP contribution in [0.15, 0.2) is 78.9 Å². The topological polar surface area (TPSA) is 49.8 Å². The Kier molecular flexibility index (Phi) is 4.54. The van der Waals surface area contributed by atoms with Crippen LogP contribution in [0, 0.1) is 0 Å². The van der Waals surface area contributed by atoms with E-state index in [-0.39, 0.29) is 11.8 Å². The molecular weight excluding hydrogens is 386 g/mol. The van der Waals surface area contributed by atoms with Crippen LogP contribution in [0.2, 0.25) is 0 Å². The zero-order chi connectivity index (χ0) is 21.8. The third-order valence-corrected chi connectivity index (χ3v) is 6.35. The Bertz CT molecular complexity index is 1090. The fraction of sp³-hybridized carbons (Fsp3) is 0.296. The van der Waals surface area contributed by atoms with E-state index in [1.54, 1.807) is 0 Å². The van der Waals surface area contributed by atoms with E-state index in [0.717, 1.165) is 27.8 Å². The molecule has 0 amide bonds. The average molecular weight is 414 g/mol. The maximum atomic E-state index is 12.4. The molecule has 4 heteroatoms. The molecule has 0 unspecified atom stereocenters. The minimum absolute atomic E-state index is 0.305. The molecule has 0 spiro atoms. The smallest absolute Gasteiger partial charge is 0.321 e. The van der Waals surface area contributed by atoms with Crippen LogP contribution in [0.1, 0.15) is 43.9 Å². The monoisotopic (exact) mass is 413 g/mol. The van der Waals surface area contributed by atoms with Crippen LogP contribution in [0.3, 0.4) is 0 Å². The average Bonchev–Trinajstić information content (AvgIpc) is 3.02. The lowest BCUT2D eigenvalue weighted by Crippen LogP contribution is -2.69. The summed E-state index contributed by atoms with van der Waals surface area (Å²) >= 11 is 0. The summed E-state index contributed by atoms with van der Waals surface area (Å²) in [6.45, 7) is 6.06. The Morgan fingerprint density at radius 1 is 0.903 bits per heavy atom. The van der Waals surface area contributed by atoms with E-state index in [9.17, 15) is 9.90 Å². The Morgan fingerprint density at radius 3 is 1.94 bits per heavy atom. The predicted octanol–water partition coefficient (Wildman–Crippen LogP) is 5.26. The van der Waals surface area contributed by atoms with E-state index in [1.165, 1.54) is 0 Å². The zero-order valence-electron chi connectivity index (χ0n) is 18.1. The molecule has 4 nitrogen and oxygen atoms in total. The summed E-state index contributed by atoms with van der Waals surface area (Å²) in [5.74, 6) is -0.814. The van der Waals surface area contributed by atoms with E-state index in [0.29, 0.717) is 6.42 Å². The Labute approximate surface area is 183 Å². The second kappa shape index (κ2) is 7.04. The fourth-order valence-corrected chi connectivity index (χ4v) is 5.29. The molecule has 31 heavy (non-hydrogen) atoms. The number of carboxylic acid groups (broad SMARTS) is 1. The van der Waals surface area contributed by atoms with Gasteiger partial charge in [-0.3, -0.25) is 4.79 Å². The highest BCUT2D eigenvalue weighted by Gasteiger charge is 2.60. The lowest BCUT2D eigenvalue weighted by atomic mass is 9.75. The molecule has 1 aliphatic carbocycles. The van der Waals surface area contributed by atoms with E-state index in [1.807, 2.05) is 63.2 Å². The van der Waals surface area contributed by atoms with Gasteiger partial charge in [-0.15, -0.1) is 0 Å². The number of hydrogen-bond donors (Lipinski definition) is 1. The van der Waals surface area contributed by atoms with Gasteiger partial charge in [0.25, 0.3) is 0 Å². The number of likely N-dealkylation sites (tertiary alicyclic amines) is 1. The summed E-state index contributed by atoms with van der Waals surface area (Å²) in [6.07, 6.45) is 0.159. The summed E-state index contributed by atoms with van der Waals surface area (Å²) in [6, 6.07) is 26.3. The van der Waals surface area contributed by atoms with Crippen molar-refractivity contribution in [2.45, 2.75) is 50.6 Å². The van der Waals surface area contributed by atoms with Gasteiger partial charge in [-0.2, -0.15) is 0 Å². The molecule has 1 N–H and O–H groups in total. The molecule has 1 aliphatic heterocycles. The maximum Gasteiger partial charge on any atom is 0.321 e. The molecule has 2 atom stereocenters. The fourth-order valence-electron chi connectivity index (χ4n) is 5.29. The molecule has 1 heterocycles. The van der Waals surface area contributed by atoms with Gasteiger partial charge in [0.2, 0.25) is 0 Å². The lowest BCUT2D eigenvalue weighted by molar-refractivity contribution is -0.233. The highest BCUT2D eigenvalue weighted by Crippen LogP contribution is 2.58. The first-order valence-electron chi connectivity index (χ1n) is 10.8. The highest BCUT2D eigenvalue weighted by molar-refractivity contribution is 5.84. The first kappa shape index (κ1) is 20.0.